The number of pyridine rings is 1. The largest absolute Gasteiger partial charge is 0.378 e. The van der Waals surface area contributed by atoms with Gasteiger partial charge in [0.2, 0.25) is 0 Å². The number of nitrogens with zero attached hydrogens (tertiary/aromatic N) is 4. The number of nitrogens with one attached hydrogen (secondary N) is 1. The summed E-state index contributed by atoms with van der Waals surface area (Å²) in [6.45, 7) is 7.03. The summed E-state index contributed by atoms with van der Waals surface area (Å²) >= 11 is 0. The minimum absolute atomic E-state index is 0.192. The normalized spacial score (nSPS) is 14.0. The monoisotopic (exact) mass is 409 g/mol. The van der Waals surface area contributed by atoms with Crippen LogP contribution >= 0.6 is 0 Å². The molecule has 7 nitrogen and oxygen atoms in total. The molecule has 0 atom stereocenters. The van der Waals surface area contributed by atoms with E-state index in [9.17, 15) is 9.18 Å². The third-order valence-corrected chi connectivity index (χ3v) is 5.19. The number of hydrogen-bond acceptors (Lipinski definition) is 5. The SMILES string of the molecule is Cc1nn(-c2ccc(F)cc2)c(C)c1C(=O)NCc1ccnc(N2CCOCC2)c1. The number of benzene rings is 1. The molecule has 1 aliphatic heterocycles. The summed E-state index contributed by atoms with van der Waals surface area (Å²) in [6, 6.07) is 9.92. The number of halogens is 1. The Morgan fingerprint density at radius 1 is 1.17 bits per heavy atom. The van der Waals surface area contributed by atoms with Gasteiger partial charge in [0, 0.05) is 25.8 Å². The predicted molar refractivity (Wildman–Crippen MR) is 111 cm³/mol. The van der Waals surface area contributed by atoms with Crippen molar-refractivity contribution in [2.45, 2.75) is 20.4 Å². The molecule has 8 heteroatoms. The summed E-state index contributed by atoms with van der Waals surface area (Å²) < 4.78 is 20.3. The van der Waals surface area contributed by atoms with Gasteiger partial charge in [0.15, 0.2) is 0 Å². The van der Waals surface area contributed by atoms with Crippen LogP contribution in [0.4, 0.5) is 10.2 Å². The van der Waals surface area contributed by atoms with Crippen LogP contribution in [0.1, 0.15) is 27.3 Å². The molecule has 3 heterocycles. The fraction of sp³-hybridized carbons (Fsp3) is 0.318. The average molecular weight is 409 g/mol. The van der Waals surface area contributed by atoms with Gasteiger partial charge in [-0.05, 0) is 55.8 Å². The predicted octanol–water partition coefficient (Wildman–Crippen LogP) is 2.79. The van der Waals surface area contributed by atoms with Crippen LogP contribution in [0.15, 0.2) is 42.6 Å². The first-order valence-electron chi connectivity index (χ1n) is 9.91. The van der Waals surface area contributed by atoms with E-state index in [0.717, 1.165) is 24.5 Å². The van der Waals surface area contributed by atoms with Gasteiger partial charge in [0.25, 0.3) is 5.91 Å². The van der Waals surface area contributed by atoms with Gasteiger partial charge >= 0.3 is 0 Å². The standard InChI is InChI=1S/C22H24FN5O2/c1-15-21(16(2)28(26-15)19-5-3-18(23)4-6-19)22(29)25-14-17-7-8-24-20(13-17)27-9-11-30-12-10-27/h3-8,13H,9-12,14H2,1-2H3,(H,25,29). The number of ether oxygens (including phenoxy) is 1. The van der Waals surface area contributed by atoms with E-state index in [2.05, 4.69) is 20.3 Å². The highest BCUT2D eigenvalue weighted by atomic mass is 19.1. The van der Waals surface area contributed by atoms with E-state index >= 15 is 0 Å². The highest BCUT2D eigenvalue weighted by Crippen LogP contribution is 2.19. The number of hydrogen-bond donors (Lipinski definition) is 1. The van der Waals surface area contributed by atoms with Gasteiger partial charge in [-0.15, -0.1) is 0 Å². The minimum Gasteiger partial charge on any atom is -0.378 e. The van der Waals surface area contributed by atoms with E-state index in [-0.39, 0.29) is 11.7 Å². The minimum atomic E-state index is -0.313. The first kappa shape index (κ1) is 20.0. The maximum atomic E-state index is 13.2. The van der Waals surface area contributed by atoms with Gasteiger partial charge in [0.05, 0.1) is 35.9 Å². The van der Waals surface area contributed by atoms with Gasteiger partial charge in [-0.2, -0.15) is 5.10 Å². The summed E-state index contributed by atoms with van der Waals surface area (Å²) in [5.41, 5.74) is 3.54. The van der Waals surface area contributed by atoms with Crippen molar-refractivity contribution in [2.24, 2.45) is 0 Å². The summed E-state index contributed by atoms with van der Waals surface area (Å²) in [7, 11) is 0. The molecule has 156 valence electrons. The van der Waals surface area contributed by atoms with E-state index in [0.29, 0.717) is 42.4 Å². The number of aromatic nitrogens is 3. The van der Waals surface area contributed by atoms with Crippen LogP contribution in [0, 0.1) is 19.7 Å². The van der Waals surface area contributed by atoms with Crippen LogP contribution in [-0.2, 0) is 11.3 Å². The second-order valence-corrected chi connectivity index (χ2v) is 7.24. The number of morpholine rings is 1. The maximum absolute atomic E-state index is 13.2. The zero-order valence-corrected chi connectivity index (χ0v) is 17.1. The third kappa shape index (κ3) is 4.18. The van der Waals surface area contributed by atoms with E-state index in [4.69, 9.17) is 4.74 Å². The Labute approximate surface area is 174 Å². The van der Waals surface area contributed by atoms with Crippen molar-refractivity contribution in [1.82, 2.24) is 20.1 Å². The molecule has 0 bridgehead atoms. The summed E-state index contributed by atoms with van der Waals surface area (Å²) in [6.07, 6.45) is 1.76. The maximum Gasteiger partial charge on any atom is 0.255 e. The van der Waals surface area contributed by atoms with Crippen molar-refractivity contribution in [3.8, 4) is 5.69 Å². The fourth-order valence-corrected chi connectivity index (χ4v) is 3.61. The molecule has 30 heavy (non-hydrogen) atoms. The Bertz CT molecular complexity index is 1040. The summed E-state index contributed by atoms with van der Waals surface area (Å²) in [5, 5.41) is 7.44. The molecule has 1 fully saturated rings. The second kappa shape index (κ2) is 8.62. The third-order valence-electron chi connectivity index (χ3n) is 5.19. The lowest BCUT2D eigenvalue weighted by Gasteiger charge is -2.28. The van der Waals surface area contributed by atoms with Crippen LogP contribution in [0.5, 0.6) is 0 Å². The summed E-state index contributed by atoms with van der Waals surface area (Å²) in [5.74, 6) is 0.386. The number of rotatable bonds is 5. The van der Waals surface area contributed by atoms with E-state index in [1.807, 2.05) is 19.1 Å². The van der Waals surface area contributed by atoms with E-state index in [1.54, 1.807) is 29.9 Å². The highest BCUT2D eigenvalue weighted by molar-refractivity contribution is 5.96. The Kier molecular flexibility index (Phi) is 5.76. The number of carbonyl (C=O) groups excluding carboxylic acids is 1. The van der Waals surface area contributed by atoms with E-state index in [1.165, 1.54) is 12.1 Å². The molecule has 3 aromatic rings. The average Bonchev–Trinajstić information content (AvgIpc) is 3.07. The van der Waals surface area contributed by atoms with Crippen LogP contribution in [0.2, 0.25) is 0 Å². The van der Waals surface area contributed by atoms with Crippen LogP contribution in [0.3, 0.4) is 0 Å². The molecule has 0 radical (unpaired) electrons. The van der Waals surface area contributed by atoms with Crippen molar-refractivity contribution in [3.63, 3.8) is 0 Å². The molecule has 0 aliphatic carbocycles. The Morgan fingerprint density at radius 3 is 2.63 bits per heavy atom. The van der Waals surface area contributed by atoms with Gasteiger partial charge in [-0.25, -0.2) is 14.1 Å². The number of carbonyl (C=O) groups is 1. The molecule has 0 spiro atoms. The van der Waals surface area contributed by atoms with Gasteiger partial charge in [-0.1, -0.05) is 0 Å². The van der Waals surface area contributed by atoms with Crippen LogP contribution < -0.4 is 10.2 Å². The molecule has 2 aromatic heterocycles. The molecule has 1 saturated heterocycles. The molecular formula is C22H24FN5O2. The Balaban J connectivity index is 1.48. The molecule has 4 rings (SSSR count). The fourth-order valence-electron chi connectivity index (χ4n) is 3.61. The highest BCUT2D eigenvalue weighted by Gasteiger charge is 2.19. The van der Waals surface area contributed by atoms with E-state index < -0.39 is 0 Å². The lowest BCUT2D eigenvalue weighted by Crippen LogP contribution is -2.36. The van der Waals surface area contributed by atoms with Crippen molar-refractivity contribution < 1.29 is 13.9 Å². The van der Waals surface area contributed by atoms with Crippen molar-refractivity contribution in [2.75, 3.05) is 31.2 Å². The summed E-state index contributed by atoms with van der Waals surface area (Å²) in [4.78, 5) is 19.5. The lowest BCUT2D eigenvalue weighted by molar-refractivity contribution is 0.0949. The lowest BCUT2D eigenvalue weighted by atomic mass is 10.1. The van der Waals surface area contributed by atoms with Gasteiger partial charge in [0.1, 0.15) is 11.6 Å². The Morgan fingerprint density at radius 2 is 1.90 bits per heavy atom. The first-order chi connectivity index (χ1) is 14.5. The second-order valence-electron chi connectivity index (χ2n) is 7.24. The van der Waals surface area contributed by atoms with Crippen molar-refractivity contribution >= 4 is 11.7 Å². The number of aryl methyl sites for hydroxylation is 1. The number of anilines is 1. The molecule has 0 unspecified atom stereocenters. The number of amides is 1. The zero-order chi connectivity index (χ0) is 21.1. The topological polar surface area (TPSA) is 72.3 Å². The smallest absolute Gasteiger partial charge is 0.255 e. The van der Waals surface area contributed by atoms with Crippen molar-refractivity contribution in [1.29, 1.82) is 0 Å². The molecule has 1 N–H and O–H groups in total. The quantitative estimate of drug-likeness (QED) is 0.702. The molecule has 1 aliphatic rings. The van der Waals surface area contributed by atoms with Crippen molar-refractivity contribution in [3.05, 3.63) is 70.9 Å². The van der Waals surface area contributed by atoms with Crippen LogP contribution in [0.25, 0.3) is 5.69 Å². The molecule has 1 aromatic carbocycles. The zero-order valence-electron chi connectivity index (χ0n) is 17.1. The van der Waals surface area contributed by atoms with Gasteiger partial charge < -0.3 is 15.0 Å². The molecule has 0 saturated carbocycles. The Hall–Kier alpha value is -3.26. The first-order valence-corrected chi connectivity index (χ1v) is 9.91. The molecular weight excluding hydrogens is 385 g/mol. The van der Waals surface area contributed by atoms with Crippen LogP contribution in [-0.4, -0.2) is 47.0 Å². The van der Waals surface area contributed by atoms with Gasteiger partial charge in [-0.3, -0.25) is 4.79 Å². The molecule has 1 amide bonds.